The third-order valence-corrected chi connectivity index (χ3v) is 2.47. The standard InChI is InChI=1S/C11H19N/c1-4-9(3)12-8-10(5-2)11-6-7-11/h8,11H,4-7H2,1-3H3/b10-8+,12-9-. The van der Waals surface area contributed by atoms with E-state index in [-0.39, 0.29) is 0 Å². The summed E-state index contributed by atoms with van der Waals surface area (Å²) in [4.78, 5) is 4.43. The van der Waals surface area contributed by atoms with E-state index in [0.29, 0.717) is 0 Å². The molecule has 0 aromatic rings. The fourth-order valence-corrected chi connectivity index (χ4v) is 1.22. The summed E-state index contributed by atoms with van der Waals surface area (Å²) in [6.45, 7) is 6.47. The Balaban J connectivity index is 2.51. The maximum Gasteiger partial charge on any atom is 0.0261 e. The van der Waals surface area contributed by atoms with E-state index in [2.05, 4.69) is 32.0 Å². The molecule has 0 saturated heterocycles. The fraction of sp³-hybridized carbons (Fsp3) is 0.727. The monoisotopic (exact) mass is 165 g/mol. The highest BCUT2D eigenvalue weighted by molar-refractivity contribution is 5.82. The number of allylic oxidation sites excluding steroid dienone is 1. The smallest absolute Gasteiger partial charge is 0.0261 e. The SMILES string of the molecule is CC/C(C)=N\C=C(/CC)C1CC1. The van der Waals surface area contributed by atoms with E-state index < -0.39 is 0 Å². The van der Waals surface area contributed by atoms with E-state index in [4.69, 9.17) is 0 Å². The van der Waals surface area contributed by atoms with Gasteiger partial charge in [-0.3, -0.25) is 4.99 Å². The molecular weight excluding hydrogens is 146 g/mol. The second kappa shape index (κ2) is 4.44. The lowest BCUT2D eigenvalue weighted by Crippen LogP contribution is -1.87. The second-order valence-corrected chi connectivity index (χ2v) is 3.55. The summed E-state index contributed by atoms with van der Waals surface area (Å²) in [5.74, 6) is 0.878. The van der Waals surface area contributed by atoms with Gasteiger partial charge >= 0.3 is 0 Å². The van der Waals surface area contributed by atoms with Gasteiger partial charge < -0.3 is 0 Å². The van der Waals surface area contributed by atoms with Crippen molar-refractivity contribution in [2.24, 2.45) is 10.9 Å². The fourth-order valence-electron chi connectivity index (χ4n) is 1.22. The van der Waals surface area contributed by atoms with Crippen molar-refractivity contribution in [1.29, 1.82) is 0 Å². The van der Waals surface area contributed by atoms with Gasteiger partial charge in [-0.1, -0.05) is 13.8 Å². The van der Waals surface area contributed by atoms with E-state index in [1.807, 2.05) is 0 Å². The Morgan fingerprint density at radius 2 is 2.00 bits per heavy atom. The Bertz CT molecular complexity index is 197. The molecule has 1 heteroatoms. The quantitative estimate of drug-likeness (QED) is 0.565. The normalized spacial score (nSPS) is 19.9. The average molecular weight is 165 g/mol. The first-order valence-corrected chi connectivity index (χ1v) is 5.00. The minimum absolute atomic E-state index is 0.878. The maximum absolute atomic E-state index is 4.43. The van der Waals surface area contributed by atoms with Gasteiger partial charge in [0.1, 0.15) is 0 Å². The van der Waals surface area contributed by atoms with Gasteiger partial charge in [-0.25, -0.2) is 0 Å². The van der Waals surface area contributed by atoms with Crippen LogP contribution in [0.5, 0.6) is 0 Å². The number of nitrogens with zero attached hydrogens (tertiary/aromatic N) is 1. The zero-order valence-corrected chi connectivity index (χ0v) is 8.43. The molecule has 1 fully saturated rings. The lowest BCUT2D eigenvalue weighted by atomic mass is 10.1. The summed E-state index contributed by atoms with van der Waals surface area (Å²) in [7, 11) is 0. The van der Waals surface area contributed by atoms with Gasteiger partial charge in [-0.2, -0.15) is 0 Å². The summed E-state index contributed by atoms with van der Waals surface area (Å²) in [6, 6.07) is 0. The maximum atomic E-state index is 4.43. The lowest BCUT2D eigenvalue weighted by Gasteiger charge is -1.98. The molecule has 68 valence electrons. The second-order valence-electron chi connectivity index (χ2n) is 3.55. The molecule has 0 aliphatic heterocycles. The summed E-state index contributed by atoms with van der Waals surface area (Å²) in [5, 5.41) is 0. The van der Waals surface area contributed by atoms with E-state index in [1.165, 1.54) is 25.0 Å². The van der Waals surface area contributed by atoms with Crippen LogP contribution in [0.1, 0.15) is 46.5 Å². The van der Waals surface area contributed by atoms with Crippen molar-refractivity contribution in [3.63, 3.8) is 0 Å². The van der Waals surface area contributed by atoms with Crippen LogP contribution >= 0.6 is 0 Å². The van der Waals surface area contributed by atoms with E-state index in [9.17, 15) is 0 Å². The van der Waals surface area contributed by atoms with Crippen LogP contribution in [0.2, 0.25) is 0 Å². The van der Waals surface area contributed by atoms with Crippen LogP contribution < -0.4 is 0 Å². The van der Waals surface area contributed by atoms with Crippen LogP contribution in [0.25, 0.3) is 0 Å². The topological polar surface area (TPSA) is 12.4 Å². The molecule has 0 bridgehead atoms. The highest BCUT2D eigenvalue weighted by atomic mass is 14.7. The molecule has 1 nitrogen and oxygen atoms in total. The zero-order valence-electron chi connectivity index (χ0n) is 8.43. The largest absolute Gasteiger partial charge is 0.266 e. The molecule has 0 heterocycles. The molecule has 0 atom stereocenters. The van der Waals surface area contributed by atoms with Gasteiger partial charge in [-0.15, -0.1) is 0 Å². The first kappa shape index (κ1) is 9.50. The Morgan fingerprint density at radius 3 is 2.42 bits per heavy atom. The Kier molecular flexibility index (Phi) is 3.51. The molecular formula is C11H19N. The van der Waals surface area contributed by atoms with Crippen molar-refractivity contribution in [3.8, 4) is 0 Å². The highest BCUT2D eigenvalue weighted by Gasteiger charge is 2.24. The first-order valence-electron chi connectivity index (χ1n) is 5.00. The molecule has 12 heavy (non-hydrogen) atoms. The van der Waals surface area contributed by atoms with Crippen LogP contribution in [-0.4, -0.2) is 5.71 Å². The van der Waals surface area contributed by atoms with Crippen molar-refractivity contribution in [3.05, 3.63) is 11.8 Å². The summed E-state index contributed by atoms with van der Waals surface area (Å²) in [5.41, 5.74) is 2.78. The Hall–Kier alpha value is -0.590. The van der Waals surface area contributed by atoms with Crippen molar-refractivity contribution in [2.75, 3.05) is 0 Å². The molecule has 1 aliphatic rings. The molecule has 1 saturated carbocycles. The van der Waals surface area contributed by atoms with E-state index in [1.54, 1.807) is 5.57 Å². The number of hydrogen-bond donors (Lipinski definition) is 0. The number of rotatable bonds is 4. The van der Waals surface area contributed by atoms with E-state index in [0.717, 1.165) is 12.3 Å². The molecule has 0 aromatic heterocycles. The van der Waals surface area contributed by atoms with Gasteiger partial charge in [0.25, 0.3) is 0 Å². The molecule has 1 aliphatic carbocycles. The Labute approximate surface area is 75.6 Å². The third kappa shape index (κ3) is 2.80. The van der Waals surface area contributed by atoms with Crippen molar-refractivity contribution in [1.82, 2.24) is 0 Å². The number of aliphatic imine (C=N–C) groups is 1. The van der Waals surface area contributed by atoms with Crippen LogP contribution in [0.3, 0.4) is 0 Å². The first-order chi connectivity index (χ1) is 5.77. The molecule has 0 aromatic carbocycles. The molecule has 0 unspecified atom stereocenters. The van der Waals surface area contributed by atoms with E-state index >= 15 is 0 Å². The highest BCUT2D eigenvalue weighted by Crippen LogP contribution is 2.37. The molecule has 0 amide bonds. The van der Waals surface area contributed by atoms with Crippen molar-refractivity contribution >= 4 is 5.71 Å². The predicted molar refractivity (Wildman–Crippen MR) is 54.5 cm³/mol. The van der Waals surface area contributed by atoms with Gasteiger partial charge in [0.2, 0.25) is 0 Å². The van der Waals surface area contributed by atoms with Crippen molar-refractivity contribution in [2.45, 2.75) is 46.5 Å². The third-order valence-electron chi connectivity index (χ3n) is 2.47. The molecule has 0 radical (unpaired) electrons. The molecule has 0 spiro atoms. The minimum Gasteiger partial charge on any atom is -0.266 e. The van der Waals surface area contributed by atoms with Crippen LogP contribution in [0, 0.1) is 5.92 Å². The molecule has 1 rings (SSSR count). The minimum atomic E-state index is 0.878. The zero-order chi connectivity index (χ0) is 8.97. The van der Waals surface area contributed by atoms with Crippen molar-refractivity contribution < 1.29 is 0 Å². The van der Waals surface area contributed by atoms with Crippen LogP contribution in [0.4, 0.5) is 0 Å². The van der Waals surface area contributed by atoms with Gasteiger partial charge in [0, 0.05) is 11.9 Å². The number of hydrogen-bond acceptors (Lipinski definition) is 1. The van der Waals surface area contributed by atoms with Crippen LogP contribution in [0.15, 0.2) is 16.8 Å². The Morgan fingerprint density at radius 1 is 1.33 bits per heavy atom. The van der Waals surface area contributed by atoms with Gasteiger partial charge in [-0.05, 0) is 44.1 Å². The van der Waals surface area contributed by atoms with Gasteiger partial charge in [0.15, 0.2) is 0 Å². The summed E-state index contributed by atoms with van der Waals surface area (Å²) in [6.07, 6.45) is 7.11. The summed E-state index contributed by atoms with van der Waals surface area (Å²) >= 11 is 0. The summed E-state index contributed by atoms with van der Waals surface area (Å²) < 4.78 is 0. The van der Waals surface area contributed by atoms with Gasteiger partial charge in [0.05, 0.1) is 0 Å². The predicted octanol–water partition coefficient (Wildman–Crippen LogP) is 3.56. The lowest BCUT2D eigenvalue weighted by molar-refractivity contribution is 0.904. The van der Waals surface area contributed by atoms with Crippen LogP contribution in [-0.2, 0) is 0 Å². The molecule has 0 N–H and O–H groups in total. The average Bonchev–Trinajstić information content (AvgIpc) is 2.89.